The van der Waals surface area contributed by atoms with Crippen molar-refractivity contribution in [2.24, 2.45) is 0 Å². The molecule has 0 aromatic carbocycles. The van der Waals surface area contributed by atoms with Gasteiger partial charge >= 0.3 is 6.18 Å². The van der Waals surface area contributed by atoms with E-state index in [2.05, 4.69) is 15.2 Å². The molecule has 1 aromatic rings. The summed E-state index contributed by atoms with van der Waals surface area (Å²) in [6.45, 7) is 0.395. The van der Waals surface area contributed by atoms with E-state index < -0.39 is 11.9 Å². The first kappa shape index (κ1) is 15.8. The fraction of sp³-hybridized carbons (Fsp3) is 0.692. The van der Waals surface area contributed by atoms with E-state index in [4.69, 9.17) is 0 Å². The van der Waals surface area contributed by atoms with Gasteiger partial charge in [0.25, 0.3) is 0 Å². The van der Waals surface area contributed by atoms with Crippen LogP contribution in [-0.4, -0.2) is 35.9 Å². The number of hydrogen-bond acceptors (Lipinski definition) is 3. The molecule has 8 heteroatoms. The lowest BCUT2D eigenvalue weighted by molar-refractivity contribution is -0.142. The predicted molar refractivity (Wildman–Crippen MR) is 68.8 cm³/mol. The number of carbonyl (C=O) groups is 1. The van der Waals surface area contributed by atoms with Gasteiger partial charge in [-0.1, -0.05) is 0 Å². The number of halogens is 3. The van der Waals surface area contributed by atoms with Gasteiger partial charge in [0.15, 0.2) is 5.69 Å². The average molecular weight is 305 g/mol. The third-order valence-electron chi connectivity index (χ3n) is 3.45. The van der Waals surface area contributed by atoms with Gasteiger partial charge in [0, 0.05) is 24.9 Å². The first-order valence-corrected chi connectivity index (χ1v) is 6.85. The van der Waals surface area contributed by atoms with E-state index in [0.29, 0.717) is 24.1 Å². The maximum Gasteiger partial charge on any atom is 0.435 e. The normalized spacial score (nSPS) is 14.9. The number of aromatic nitrogens is 2. The van der Waals surface area contributed by atoms with Crippen LogP contribution in [0.15, 0.2) is 0 Å². The Morgan fingerprint density at radius 2 is 2.10 bits per heavy atom. The number of ether oxygens (including phenoxy) is 1. The van der Waals surface area contributed by atoms with Crippen molar-refractivity contribution in [3.8, 4) is 0 Å². The van der Waals surface area contributed by atoms with Crippen molar-refractivity contribution in [2.45, 2.75) is 38.4 Å². The van der Waals surface area contributed by atoms with Crippen molar-refractivity contribution >= 4 is 5.91 Å². The molecule has 21 heavy (non-hydrogen) atoms. The van der Waals surface area contributed by atoms with Gasteiger partial charge in [-0.05, 0) is 25.7 Å². The number of hydrogen-bond donors (Lipinski definition) is 1. The van der Waals surface area contributed by atoms with Crippen molar-refractivity contribution < 1.29 is 22.7 Å². The Morgan fingerprint density at radius 3 is 2.76 bits per heavy atom. The highest BCUT2D eigenvalue weighted by molar-refractivity contribution is 5.77. The molecule has 0 atom stereocenters. The zero-order chi connectivity index (χ0) is 15.5. The molecule has 1 N–H and O–H groups in total. The largest absolute Gasteiger partial charge is 0.435 e. The zero-order valence-corrected chi connectivity index (χ0v) is 11.8. The summed E-state index contributed by atoms with van der Waals surface area (Å²) in [5, 5.41) is 6.30. The fourth-order valence-corrected chi connectivity index (χ4v) is 2.57. The summed E-state index contributed by atoms with van der Waals surface area (Å²) < 4.78 is 45.0. The van der Waals surface area contributed by atoms with Gasteiger partial charge in [-0.2, -0.15) is 18.3 Å². The number of fused-ring (bicyclic) bond motifs is 1. The minimum Gasteiger partial charge on any atom is -0.375 e. The number of methoxy groups -OCH3 is 1. The van der Waals surface area contributed by atoms with E-state index in [0.717, 1.165) is 12.8 Å². The number of rotatable bonds is 5. The molecule has 1 aliphatic rings. The highest BCUT2D eigenvalue weighted by Gasteiger charge is 2.39. The molecule has 0 aliphatic heterocycles. The molecule has 1 aromatic heterocycles. The van der Waals surface area contributed by atoms with Crippen LogP contribution in [0.5, 0.6) is 0 Å². The maximum absolute atomic E-state index is 13.0. The number of alkyl halides is 3. The molecule has 118 valence electrons. The van der Waals surface area contributed by atoms with Gasteiger partial charge < -0.3 is 10.1 Å². The molecule has 0 bridgehead atoms. The first-order chi connectivity index (χ1) is 9.93. The van der Waals surface area contributed by atoms with Crippen LogP contribution in [-0.2, 0) is 35.1 Å². The molecule has 0 unspecified atom stereocenters. The SMILES string of the molecule is COCC(=O)NCCn1nc(C(F)(F)F)c2c1CCCC2. The van der Waals surface area contributed by atoms with Gasteiger partial charge in [-0.3, -0.25) is 9.48 Å². The third-order valence-corrected chi connectivity index (χ3v) is 3.45. The summed E-state index contributed by atoms with van der Waals surface area (Å²) in [7, 11) is 1.40. The quantitative estimate of drug-likeness (QED) is 0.898. The Kier molecular flexibility index (Phi) is 4.87. The van der Waals surface area contributed by atoms with Gasteiger partial charge in [0.2, 0.25) is 5.91 Å². The summed E-state index contributed by atoms with van der Waals surface area (Å²) in [6, 6.07) is 0. The standard InChI is InChI=1S/C13H18F3N3O2/c1-21-8-11(20)17-6-7-19-10-5-3-2-4-9(10)12(18-19)13(14,15)16/h2-8H2,1H3,(H,17,20). The molecule has 1 aliphatic carbocycles. The van der Waals surface area contributed by atoms with E-state index in [-0.39, 0.29) is 25.6 Å². The van der Waals surface area contributed by atoms with Crippen LogP contribution in [0.4, 0.5) is 13.2 Å². The molecule has 1 amide bonds. The lowest BCUT2D eigenvalue weighted by atomic mass is 9.95. The van der Waals surface area contributed by atoms with Crippen molar-refractivity contribution in [3.63, 3.8) is 0 Å². The van der Waals surface area contributed by atoms with Crippen molar-refractivity contribution in [1.29, 1.82) is 0 Å². The highest BCUT2D eigenvalue weighted by Crippen LogP contribution is 2.35. The molecule has 5 nitrogen and oxygen atoms in total. The van der Waals surface area contributed by atoms with Crippen LogP contribution in [0.3, 0.4) is 0 Å². The van der Waals surface area contributed by atoms with Crippen LogP contribution in [0.1, 0.15) is 29.8 Å². The summed E-state index contributed by atoms with van der Waals surface area (Å²) in [5.41, 5.74) is 0.187. The Morgan fingerprint density at radius 1 is 1.38 bits per heavy atom. The second kappa shape index (κ2) is 6.46. The number of nitrogens with one attached hydrogen (secondary N) is 1. The highest BCUT2D eigenvalue weighted by atomic mass is 19.4. The minimum absolute atomic E-state index is 0.0645. The summed E-state index contributed by atoms with van der Waals surface area (Å²) >= 11 is 0. The number of nitrogens with zero attached hydrogens (tertiary/aromatic N) is 2. The molecule has 2 rings (SSSR count). The molecule has 0 saturated heterocycles. The molecule has 1 heterocycles. The van der Waals surface area contributed by atoms with Gasteiger partial charge in [0.05, 0.1) is 6.54 Å². The molecular formula is C13H18F3N3O2. The smallest absolute Gasteiger partial charge is 0.375 e. The van der Waals surface area contributed by atoms with Gasteiger partial charge in [0.1, 0.15) is 6.61 Å². The Bertz CT molecular complexity index is 511. The van der Waals surface area contributed by atoms with E-state index >= 15 is 0 Å². The molecule has 0 fully saturated rings. The number of carbonyl (C=O) groups excluding carboxylic acids is 1. The summed E-state index contributed by atoms with van der Waals surface area (Å²) in [5.74, 6) is -0.297. The predicted octanol–water partition coefficient (Wildman–Crippen LogP) is 1.54. The fourth-order valence-electron chi connectivity index (χ4n) is 2.57. The molecular weight excluding hydrogens is 287 g/mol. The van der Waals surface area contributed by atoms with Crippen LogP contribution in [0.2, 0.25) is 0 Å². The Hall–Kier alpha value is -1.57. The van der Waals surface area contributed by atoms with Crippen LogP contribution in [0.25, 0.3) is 0 Å². The van der Waals surface area contributed by atoms with E-state index in [1.165, 1.54) is 11.8 Å². The molecule has 0 saturated carbocycles. The lowest BCUT2D eigenvalue weighted by Crippen LogP contribution is -2.30. The maximum atomic E-state index is 13.0. The van der Waals surface area contributed by atoms with Crippen molar-refractivity contribution in [1.82, 2.24) is 15.1 Å². The zero-order valence-electron chi connectivity index (χ0n) is 11.8. The van der Waals surface area contributed by atoms with Crippen LogP contribution in [0, 0.1) is 0 Å². The van der Waals surface area contributed by atoms with E-state index in [9.17, 15) is 18.0 Å². The second-order valence-electron chi connectivity index (χ2n) is 4.98. The van der Waals surface area contributed by atoms with E-state index in [1.807, 2.05) is 0 Å². The summed E-state index contributed by atoms with van der Waals surface area (Å²) in [4.78, 5) is 11.2. The first-order valence-electron chi connectivity index (χ1n) is 6.85. The second-order valence-corrected chi connectivity index (χ2v) is 4.98. The Balaban J connectivity index is 2.09. The van der Waals surface area contributed by atoms with Gasteiger partial charge in [-0.25, -0.2) is 0 Å². The third kappa shape index (κ3) is 3.75. The van der Waals surface area contributed by atoms with Crippen molar-refractivity contribution in [2.75, 3.05) is 20.3 Å². The lowest BCUT2D eigenvalue weighted by Gasteiger charge is -2.14. The molecule has 0 radical (unpaired) electrons. The topological polar surface area (TPSA) is 56.1 Å². The monoisotopic (exact) mass is 305 g/mol. The number of amides is 1. The van der Waals surface area contributed by atoms with Crippen molar-refractivity contribution in [3.05, 3.63) is 17.0 Å². The average Bonchev–Trinajstić information content (AvgIpc) is 2.78. The molecule has 0 spiro atoms. The van der Waals surface area contributed by atoms with Crippen LogP contribution >= 0.6 is 0 Å². The van der Waals surface area contributed by atoms with Gasteiger partial charge in [-0.15, -0.1) is 0 Å². The van der Waals surface area contributed by atoms with E-state index in [1.54, 1.807) is 0 Å². The Labute approximate surface area is 120 Å². The summed E-state index contributed by atoms with van der Waals surface area (Å²) in [6.07, 6.45) is -1.78. The van der Waals surface area contributed by atoms with Crippen LogP contribution < -0.4 is 5.32 Å². The minimum atomic E-state index is -4.42.